The van der Waals surface area contributed by atoms with Gasteiger partial charge >= 0.3 is 5.97 Å². The summed E-state index contributed by atoms with van der Waals surface area (Å²) in [7, 11) is 1.19. The molecule has 1 heterocycles. The Morgan fingerprint density at radius 2 is 2.47 bits per heavy atom. The second-order valence-electron chi connectivity index (χ2n) is 2.37. The highest BCUT2D eigenvalue weighted by atomic mass is 35.5. The number of nitriles is 1. The van der Waals surface area contributed by atoms with Gasteiger partial charge in [0.25, 0.3) is 0 Å². The van der Waals surface area contributed by atoms with Crippen LogP contribution in [0.15, 0.2) is 5.57 Å². The standard InChI is InChI=1S/C8H6ClN3O2S/c1-14-7(13)4(3-10)2-5-6(9)12-8(11)15-5/h2H,1H3,(H2,11,12)/b4-2+. The molecule has 0 spiro atoms. The lowest BCUT2D eigenvalue weighted by Crippen LogP contribution is -2.02. The average Bonchev–Trinajstić information content (AvgIpc) is 2.52. The third-order valence-electron chi connectivity index (χ3n) is 1.43. The first-order chi connectivity index (χ1) is 7.08. The Hall–Kier alpha value is -1.58. The lowest BCUT2D eigenvalue weighted by Gasteiger charge is -1.94. The van der Waals surface area contributed by atoms with Crippen LogP contribution in [0.1, 0.15) is 4.88 Å². The van der Waals surface area contributed by atoms with Crippen LogP contribution in [0.4, 0.5) is 5.13 Å². The van der Waals surface area contributed by atoms with Crippen LogP contribution in [-0.4, -0.2) is 18.1 Å². The Kier molecular flexibility index (Phi) is 3.66. The van der Waals surface area contributed by atoms with Gasteiger partial charge in [0.2, 0.25) is 0 Å². The fourth-order valence-corrected chi connectivity index (χ4v) is 1.78. The van der Waals surface area contributed by atoms with Gasteiger partial charge in [-0.3, -0.25) is 0 Å². The molecule has 5 nitrogen and oxygen atoms in total. The number of hydrogen-bond acceptors (Lipinski definition) is 6. The minimum absolute atomic E-state index is 0.150. The molecule has 1 aromatic heterocycles. The minimum Gasteiger partial charge on any atom is -0.465 e. The second-order valence-corrected chi connectivity index (χ2v) is 3.79. The van der Waals surface area contributed by atoms with E-state index >= 15 is 0 Å². The molecule has 1 rings (SSSR count). The molecule has 0 aliphatic heterocycles. The van der Waals surface area contributed by atoms with Crippen molar-refractivity contribution in [2.45, 2.75) is 0 Å². The molecule has 2 N–H and O–H groups in total. The van der Waals surface area contributed by atoms with Crippen LogP contribution in [0.5, 0.6) is 0 Å². The van der Waals surface area contributed by atoms with E-state index in [1.807, 2.05) is 0 Å². The third kappa shape index (κ3) is 2.68. The monoisotopic (exact) mass is 243 g/mol. The molecule has 78 valence electrons. The van der Waals surface area contributed by atoms with E-state index in [-0.39, 0.29) is 15.9 Å². The molecule has 1 aromatic rings. The molecule has 15 heavy (non-hydrogen) atoms. The third-order valence-corrected chi connectivity index (χ3v) is 2.66. The van der Waals surface area contributed by atoms with E-state index in [1.165, 1.54) is 13.2 Å². The van der Waals surface area contributed by atoms with Crippen molar-refractivity contribution in [3.63, 3.8) is 0 Å². The van der Waals surface area contributed by atoms with Crippen LogP contribution < -0.4 is 5.73 Å². The molecule has 0 fully saturated rings. The Labute approximate surface area is 94.7 Å². The fraction of sp³-hybridized carbons (Fsp3) is 0.125. The van der Waals surface area contributed by atoms with Gasteiger partial charge in [0.1, 0.15) is 16.8 Å². The quantitative estimate of drug-likeness (QED) is 0.483. The Balaban J connectivity index is 3.10. The normalized spacial score (nSPS) is 10.9. The van der Waals surface area contributed by atoms with Crippen LogP contribution in [0.3, 0.4) is 0 Å². The molecular weight excluding hydrogens is 238 g/mol. The van der Waals surface area contributed by atoms with Crippen molar-refractivity contribution in [1.29, 1.82) is 5.26 Å². The summed E-state index contributed by atoms with van der Waals surface area (Å²) in [6, 6.07) is 1.70. The number of halogens is 1. The van der Waals surface area contributed by atoms with Crippen molar-refractivity contribution in [2.24, 2.45) is 0 Å². The molecule has 0 radical (unpaired) electrons. The summed E-state index contributed by atoms with van der Waals surface area (Å²) < 4.78 is 4.40. The minimum atomic E-state index is -0.722. The summed E-state index contributed by atoms with van der Waals surface area (Å²) >= 11 is 6.79. The number of esters is 1. The number of nitrogens with zero attached hydrogens (tertiary/aromatic N) is 2. The van der Waals surface area contributed by atoms with Gasteiger partial charge in [0.15, 0.2) is 5.13 Å². The molecule has 0 unspecified atom stereocenters. The van der Waals surface area contributed by atoms with Crippen molar-refractivity contribution in [2.75, 3.05) is 12.8 Å². The van der Waals surface area contributed by atoms with Crippen molar-refractivity contribution >= 4 is 40.1 Å². The van der Waals surface area contributed by atoms with Crippen molar-refractivity contribution in [1.82, 2.24) is 4.98 Å². The SMILES string of the molecule is COC(=O)/C(C#N)=C/c1sc(N)nc1Cl. The first kappa shape index (κ1) is 11.5. The van der Waals surface area contributed by atoms with Gasteiger partial charge in [-0.2, -0.15) is 5.26 Å². The highest BCUT2D eigenvalue weighted by Gasteiger charge is 2.12. The second kappa shape index (κ2) is 4.77. The maximum atomic E-state index is 11.1. The molecule has 0 aromatic carbocycles. The lowest BCUT2D eigenvalue weighted by molar-refractivity contribution is -0.135. The number of carbonyl (C=O) groups excluding carboxylic acids is 1. The molecular formula is C8H6ClN3O2S. The fourth-order valence-electron chi connectivity index (χ4n) is 0.796. The maximum Gasteiger partial charge on any atom is 0.348 e. The number of ether oxygens (including phenoxy) is 1. The van der Waals surface area contributed by atoms with Crippen LogP contribution in [-0.2, 0) is 9.53 Å². The van der Waals surface area contributed by atoms with Crippen LogP contribution >= 0.6 is 22.9 Å². The smallest absolute Gasteiger partial charge is 0.348 e. The van der Waals surface area contributed by atoms with E-state index in [9.17, 15) is 4.79 Å². The van der Waals surface area contributed by atoms with E-state index < -0.39 is 5.97 Å². The average molecular weight is 244 g/mol. The first-order valence-corrected chi connectivity index (χ1v) is 4.90. The summed E-state index contributed by atoms with van der Waals surface area (Å²) in [6.07, 6.45) is 1.29. The number of anilines is 1. The van der Waals surface area contributed by atoms with Gasteiger partial charge < -0.3 is 10.5 Å². The number of rotatable bonds is 2. The number of nitrogen functional groups attached to an aromatic ring is 1. The number of nitrogens with two attached hydrogens (primary N) is 1. The molecule has 0 aliphatic carbocycles. The number of thiazole rings is 1. The molecule has 0 amide bonds. The predicted octanol–water partition coefficient (Wildman–Crippen LogP) is 1.46. The van der Waals surface area contributed by atoms with Crippen molar-refractivity contribution < 1.29 is 9.53 Å². The van der Waals surface area contributed by atoms with E-state index in [1.54, 1.807) is 6.07 Å². The topological polar surface area (TPSA) is 89.0 Å². The lowest BCUT2D eigenvalue weighted by atomic mass is 10.2. The van der Waals surface area contributed by atoms with Gasteiger partial charge in [-0.1, -0.05) is 22.9 Å². The summed E-state index contributed by atoms with van der Waals surface area (Å²) in [5, 5.41) is 9.11. The summed E-state index contributed by atoms with van der Waals surface area (Å²) in [5.74, 6) is -0.722. The predicted molar refractivity (Wildman–Crippen MR) is 57.1 cm³/mol. The van der Waals surface area contributed by atoms with Gasteiger partial charge in [-0.25, -0.2) is 9.78 Å². The van der Waals surface area contributed by atoms with E-state index in [0.29, 0.717) is 4.88 Å². The van der Waals surface area contributed by atoms with Crippen molar-refractivity contribution in [3.8, 4) is 6.07 Å². The van der Waals surface area contributed by atoms with E-state index in [2.05, 4.69) is 9.72 Å². The van der Waals surface area contributed by atoms with Crippen molar-refractivity contribution in [3.05, 3.63) is 15.6 Å². The number of hydrogen-bond donors (Lipinski definition) is 1. The van der Waals surface area contributed by atoms with Gasteiger partial charge in [0, 0.05) is 0 Å². The highest BCUT2D eigenvalue weighted by Crippen LogP contribution is 2.26. The maximum absolute atomic E-state index is 11.1. The number of aromatic nitrogens is 1. The molecule has 7 heteroatoms. The summed E-state index contributed by atoms with van der Waals surface area (Å²) in [6.45, 7) is 0. The number of methoxy groups -OCH3 is 1. The Bertz CT molecular complexity index is 461. The van der Waals surface area contributed by atoms with Gasteiger partial charge in [-0.05, 0) is 6.08 Å². The molecule has 0 aliphatic rings. The summed E-state index contributed by atoms with van der Waals surface area (Å²) in [5.41, 5.74) is 5.25. The molecule has 0 saturated carbocycles. The summed E-state index contributed by atoms with van der Waals surface area (Å²) in [4.78, 5) is 15.3. The Morgan fingerprint density at radius 1 is 1.80 bits per heavy atom. The first-order valence-electron chi connectivity index (χ1n) is 3.70. The zero-order chi connectivity index (χ0) is 11.4. The van der Waals surface area contributed by atoms with Gasteiger partial charge in [0.05, 0.1) is 12.0 Å². The molecule has 0 bridgehead atoms. The van der Waals surface area contributed by atoms with E-state index in [0.717, 1.165) is 11.3 Å². The molecule has 0 atom stereocenters. The van der Waals surface area contributed by atoms with E-state index in [4.69, 9.17) is 22.6 Å². The van der Waals surface area contributed by atoms with Crippen LogP contribution in [0, 0.1) is 11.3 Å². The zero-order valence-electron chi connectivity index (χ0n) is 7.65. The largest absolute Gasteiger partial charge is 0.465 e. The number of carbonyl (C=O) groups is 1. The van der Waals surface area contributed by atoms with Gasteiger partial charge in [-0.15, -0.1) is 0 Å². The Morgan fingerprint density at radius 3 is 2.87 bits per heavy atom. The van der Waals surface area contributed by atoms with Crippen LogP contribution in [0.2, 0.25) is 5.15 Å². The van der Waals surface area contributed by atoms with Crippen LogP contribution in [0.25, 0.3) is 6.08 Å². The zero-order valence-corrected chi connectivity index (χ0v) is 9.22. The highest BCUT2D eigenvalue weighted by molar-refractivity contribution is 7.16. The molecule has 0 saturated heterocycles.